The van der Waals surface area contributed by atoms with Crippen LogP contribution in [0.25, 0.3) is 0 Å². The van der Waals surface area contributed by atoms with Gasteiger partial charge in [0, 0.05) is 45.1 Å². The summed E-state index contributed by atoms with van der Waals surface area (Å²) in [7, 11) is 0. The average Bonchev–Trinajstić information content (AvgIpc) is 2.85. The van der Waals surface area contributed by atoms with Crippen molar-refractivity contribution in [2.45, 2.75) is 51.6 Å². The van der Waals surface area contributed by atoms with Crippen molar-refractivity contribution in [2.24, 2.45) is 11.7 Å². The molecule has 1 aromatic carbocycles. The summed E-state index contributed by atoms with van der Waals surface area (Å²) in [6.45, 7) is 5.35. The Morgan fingerprint density at radius 1 is 1.06 bits per heavy atom. The van der Waals surface area contributed by atoms with Crippen LogP contribution in [0, 0.1) is 5.92 Å². The summed E-state index contributed by atoms with van der Waals surface area (Å²) in [5.41, 5.74) is 6.43. The van der Waals surface area contributed by atoms with E-state index in [0.717, 1.165) is 18.7 Å². The fourth-order valence-corrected chi connectivity index (χ4v) is 3.64. The van der Waals surface area contributed by atoms with Crippen LogP contribution >= 0.6 is 0 Å². The van der Waals surface area contributed by atoms with E-state index in [1.807, 2.05) is 30.3 Å². The molecule has 0 spiro atoms. The molecule has 1 heterocycles. The molecule has 1 aliphatic heterocycles. The van der Waals surface area contributed by atoms with Gasteiger partial charge in [-0.05, 0) is 37.8 Å². The molecule has 0 unspecified atom stereocenters. The maximum absolute atomic E-state index is 12.8. The number of nitrogens with two attached hydrogens (primary N) is 1. The largest absolute Gasteiger partial charge is 0.345 e. The topological polar surface area (TPSA) is 134 Å². The molecule has 0 saturated carbocycles. The van der Waals surface area contributed by atoms with Crippen LogP contribution in [0.1, 0.15) is 44.6 Å². The number of Topliss-reactive ketones (excluding diaryl/α,β-unsaturated/α-hetero) is 1. The zero-order valence-electron chi connectivity index (χ0n) is 19.5. The number of rotatable bonds is 13. The summed E-state index contributed by atoms with van der Waals surface area (Å²) in [5, 5.41) is 8.56. The van der Waals surface area contributed by atoms with Crippen LogP contribution in [0.5, 0.6) is 0 Å². The molecule has 0 bridgehead atoms. The van der Waals surface area contributed by atoms with Gasteiger partial charge in [0.25, 0.3) is 5.91 Å². The molecule has 1 aromatic rings. The minimum atomic E-state index is -0.911. The number of piperazine rings is 1. The third-order valence-electron chi connectivity index (χ3n) is 5.81. The second-order valence-corrected chi connectivity index (χ2v) is 8.45. The molecule has 9 nitrogen and oxygen atoms in total. The van der Waals surface area contributed by atoms with Gasteiger partial charge in [0.15, 0.2) is 0 Å². The zero-order valence-corrected chi connectivity index (χ0v) is 19.5. The van der Waals surface area contributed by atoms with E-state index in [-0.39, 0.29) is 24.8 Å². The van der Waals surface area contributed by atoms with E-state index >= 15 is 0 Å². The molecule has 0 aromatic heterocycles. The molecule has 182 valence electrons. The standard InChI is InChI=1S/C24H37N5O4/c1-18(10-11-21(30)29-15-13-26-14-16-29)23(32)28-20(9-5-6-12-25)22(31)24(33)27-17-19-7-3-2-4-8-19/h2-4,7-8,18,20,26H,5-6,9-17,25H2,1H3,(H,27,33)(H,28,32)/t18-,20-/m0/s1. The van der Waals surface area contributed by atoms with Crippen LogP contribution in [0.15, 0.2) is 30.3 Å². The molecular weight excluding hydrogens is 422 g/mol. The highest BCUT2D eigenvalue weighted by Crippen LogP contribution is 2.11. The molecule has 33 heavy (non-hydrogen) atoms. The number of nitrogens with one attached hydrogen (secondary N) is 3. The van der Waals surface area contributed by atoms with Gasteiger partial charge in [-0.3, -0.25) is 19.2 Å². The molecule has 0 radical (unpaired) electrons. The van der Waals surface area contributed by atoms with Gasteiger partial charge >= 0.3 is 0 Å². The van der Waals surface area contributed by atoms with Crippen molar-refractivity contribution in [2.75, 3.05) is 32.7 Å². The van der Waals surface area contributed by atoms with E-state index in [9.17, 15) is 19.2 Å². The van der Waals surface area contributed by atoms with Crippen molar-refractivity contribution < 1.29 is 19.2 Å². The van der Waals surface area contributed by atoms with Gasteiger partial charge in [0.1, 0.15) is 0 Å². The number of benzene rings is 1. The van der Waals surface area contributed by atoms with E-state index in [1.165, 1.54) is 0 Å². The third kappa shape index (κ3) is 9.31. The fraction of sp³-hybridized carbons (Fsp3) is 0.583. The van der Waals surface area contributed by atoms with Gasteiger partial charge in [-0.2, -0.15) is 0 Å². The molecule has 5 N–H and O–H groups in total. The second kappa shape index (κ2) is 14.4. The van der Waals surface area contributed by atoms with Crippen molar-refractivity contribution in [3.05, 3.63) is 35.9 Å². The summed E-state index contributed by atoms with van der Waals surface area (Å²) < 4.78 is 0. The first-order chi connectivity index (χ1) is 15.9. The summed E-state index contributed by atoms with van der Waals surface area (Å²) >= 11 is 0. The summed E-state index contributed by atoms with van der Waals surface area (Å²) in [6, 6.07) is 8.38. The number of hydrogen-bond acceptors (Lipinski definition) is 6. The smallest absolute Gasteiger partial charge is 0.289 e. The van der Waals surface area contributed by atoms with E-state index in [0.29, 0.717) is 45.3 Å². The van der Waals surface area contributed by atoms with Crippen LogP contribution in [-0.4, -0.2) is 67.2 Å². The van der Waals surface area contributed by atoms with Crippen LogP contribution < -0.4 is 21.7 Å². The number of nitrogens with zero attached hydrogens (tertiary/aromatic N) is 1. The summed E-state index contributed by atoms with van der Waals surface area (Å²) in [6.07, 6.45) is 2.32. The van der Waals surface area contributed by atoms with E-state index in [4.69, 9.17) is 5.73 Å². The highest BCUT2D eigenvalue weighted by Gasteiger charge is 2.28. The lowest BCUT2D eigenvalue weighted by Gasteiger charge is -2.28. The Morgan fingerprint density at radius 2 is 1.76 bits per heavy atom. The molecular formula is C24H37N5O4. The molecule has 3 amide bonds. The monoisotopic (exact) mass is 459 g/mol. The van der Waals surface area contributed by atoms with Crippen molar-refractivity contribution in [3.63, 3.8) is 0 Å². The lowest BCUT2D eigenvalue weighted by atomic mass is 10.0. The Hall–Kier alpha value is -2.78. The quantitative estimate of drug-likeness (QED) is 0.248. The number of carbonyl (C=O) groups excluding carboxylic acids is 4. The Balaban J connectivity index is 1.87. The van der Waals surface area contributed by atoms with E-state index in [2.05, 4.69) is 16.0 Å². The molecule has 2 rings (SSSR count). The summed E-state index contributed by atoms with van der Waals surface area (Å²) in [5.74, 6) is -2.13. The Bertz CT molecular complexity index is 780. The Kier molecular flexibility index (Phi) is 11.5. The number of amides is 3. The number of ketones is 1. The van der Waals surface area contributed by atoms with Crippen LogP contribution in [0.4, 0.5) is 0 Å². The second-order valence-electron chi connectivity index (χ2n) is 8.45. The first-order valence-corrected chi connectivity index (χ1v) is 11.8. The van der Waals surface area contributed by atoms with Crippen LogP contribution in [-0.2, 0) is 25.7 Å². The van der Waals surface area contributed by atoms with E-state index < -0.39 is 23.7 Å². The van der Waals surface area contributed by atoms with Gasteiger partial charge in [-0.1, -0.05) is 37.3 Å². The van der Waals surface area contributed by atoms with Gasteiger partial charge in [0.05, 0.1) is 6.04 Å². The molecule has 1 saturated heterocycles. The van der Waals surface area contributed by atoms with Crippen molar-refractivity contribution in [1.82, 2.24) is 20.9 Å². The molecule has 9 heteroatoms. The highest BCUT2D eigenvalue weighted by atomic mass is 16.2. The zero-order chi connectivity index (χ0) is 24.1. The SMILES string of the molecule is C[C@@H](CCC(=O)N1CCNCC1)C(=O)N[C@@H](CCCCN)C(=O)C(=O)NCc1ccccc1. The van der Waals surface area contributed by atoms with Gasteiger partial charge < -0.3 is 26.6 Å². The fourth-order valence-electron chi connectivity index (χ4n) is 3.64. The predicted octanol–water partition coefficient (Wildman–Crippen LogP) is 0.334. The van der Waals surface area contributed by atoms with E-state index in [1.54, 1.807) is 11.8 Å². The molecule has 1 aliphatic rings. The van der Waals surface area contributed by atoms with Gasteiger partial charge in [-0.25, -0.2) is 0 Å². The maximum atomic E-state index is 12.8. The Labute approximate surface area is 195 Å². The number of unbranched alkanes of at least 4 members (excludes halogenated alkanes) is 1. The third-order valence-corrected chi connectivity index (χ3v) is 5.81. The van der Waals surface area contributed by atoms with Gasteiger partial charge in [0.2, 0.25) is 17.6 Å². The predicted molar refractivity (Wildman–Crippen MR) is 126 cm³/mol. The maximum Gasteiger partial charge on any atom is 0.289 e. The highest BCUT2D eigenvalue weighted by molar-refractivity contribution is 6.38. The minimum absolute atomic E-state index is 0.0343. The normalized spacial score (nSPS) is 15.4. The van der Waals surface area contributed by atoms with Crippen molar-refractivity contribution in [3.8, 4) is 0 Å². The first-order valence-electron chi connectivity index (χ1n) is 11.8. The summed E-state index contributed by atoms with van der Waals surface area (Å²) in [4.78, 5) is 52.1. The average molecular weight is 460 g/mol. The lowest BCUT2D eigenvalue weighted by molar-refractivity contribution is -0.140. The van der Waals surface area contributed by atoms with Crippen molar-refractivity contribution in [1.29, 1.82) is 0 Å². The molecule has 2 atom stereocenters. The number of carbonyl (C=O) groups is 4. The molecule has 1 fully saturated rings. The number of hydrogen-bond donors (Lipinski definition) is 4. The van der Waals surface area contributed by atoms with Crippen LogP contribution in [0.2, 0.25) is 0 Å². The Morgan fingerprint density at radius 3 is 2.42 bits per heavy atom. The van der Waals surface area contributed by atoms with Gasteiger partial charge in [-0.15, -0.1) is 0 Å². The van der Waals surface area contributed by atoms with Crippen LogP contribution in [0.3, 0.4) is 0 Å². The first kappa shape index (κ1) is 26.5. The minimum Gasteiger partial charge on any atom is -0.345 e. The molecule has 0 aliphatic carbocycles. The van der Waals surface area contributed by atoms with Crippen molar-refractivity contribution >= 4 is 23.5 Å². The lowest BCUT2D eigenvalue weighted by Crippen LogP contribution is -2.49.